The molecule has 1 aromatic carbocycles. The number of halogens is 1. The molecule has 0 fully saturated rings. The predicted molar refractivity (Wildman–Crippen MR) is 56.3 cm³/mol. The molecule has 0 saturated heterocycles. The second-order valence-corrected chi connectivity index (χ2v) is 5.57. The minimum Gasteiger partial charge on any atom is -0.294 e. The maximum Gasteiger partial charge on any atom is 0.165 e. The Morgan fingerprint density at radius 2 is 2.21 bits per heavy atom. The predicted octanol–water partition coefficient (Wildman–Crippen LogP) is 2.42. The van der Waals surface area contributed by atoms with E-state index in [2.05, 4.69) is 0 Å². The molecule has 2 unspecified atom stereocenters. The summed E-state index contributed by atoms with van der Waals surface area (Å²) in [5, 5.41) is 0.302. The van der Waals surface area contributed by atoms with Gasteiger partial charge in [0.25, 0.3) is 0 Å². The van der Waals surface area contributed by atoms with E-state index in [0.29, 0.717) is 21.9 Å². The highest BCUT2D eigenvalue weighted by Gasteiger charge is 2.29. The Hall–Kier alpha value is -0.670. The summed E-state index contributed by atoms with van der Waals surface area (Å²) in [5.41, 5.74) is 0.522. The lowest BCUT2D eigenvalue weighted by Gasteiger charge is -2.20. The van der Waals surface area contributed by atoms with Gasteiger partial charge in [0.15, 0.2) is 5.78 Å². The molecule has 1 aliphatic heterocycles. The summed E-state index contributed by atoms with van der Waals surface area (Å²) in [6.07, 6.45) is 0.347. The van der Waals surface area contributed by atoms with Gasteiger partial charge in [-0.3, -0.25) is 9.00 Å². The van der Waals surface area contributed by atoms with Gasteiger partial charge in [-0.2, -0.15) is 0 Å². The first-order chi connectivity index (χ1) is 6.61. The number of rotatable bonds is 0. The summed E-state index contributed by atoms with van der Waals surface area (Å²) in [5.74, 6) is 0.0367. The zero-order valence-corrected chi connectivity index (χ0v) is 9.19. The first-order valence-corrected chi connectivity index (χ1v) is 5.92. The van der Waals surface area contributed by atoms with Crippen LogP contribution in [0.25, 0.3) is 0 Å². The van der Waals surface area contributed by atoms with Crippen LogP contribution in [0.15, 0.2) is 23.1 Å². The second kappa shape index (κ2) is 3.48. The molecule has 1 aromatic rings. The zero-order valence-electron chi connectivity index (χ0n) is 7.62. The summed E-state index contributed by atoms with van der Waals surface area (Å²) in [7, 11) is -1.14. The van der Waals surface area contributed by atoms with E-state index in [-0.39, 0.29) is 11.0 Å². The van der Waals surface area contributed by atoms with Crippen LogP contribution in [0.3, 0.4) is 0 Å². The molecule has 4 heteroatoms. The molecule has 2 nitrogen and oxygen atoms in total. The quantitative estimate of drug-likeness (QED) is 0.684. The smallest absolute Gasteiger partial charge is 0.165 e. The van der Waals surface area contributed by atoms with Crippen LogP contribution in [0.1, 0.15) is 23.7 Å². The fourth-order valence-corrected chi connectivity index (χ4v) is 3.35. The van der Waals surface area contributed by atoms with E-state index in [0.717, 1.165) is 0 Å². The summed E-state index contributed by atoms with van der Waals surface area (Å²) >= 11 is 5.92. The fraction of sp³-hybridized carbons (Fsp3) is 0.300. The van der Waals surface area contributed by atoms with Crippen LogP contribution in [-0.4, -0.2) is 15.2 Å². The molecular weight excluding hydrogens is 220 g/mol. The van der Waals surface area contributed by atoms with Crippen molar-refractivity contribution in [1.29, 1.82) is 0 Å². The third-order valence-corrected chi connectivity index (χ3v) is 4.47. The van der Waals surface area contributed by atoms with Crippen molar-refractivity contribution in [3.63, 3.8) is 0 Å². The normalized spacial score (nSPS) is 26.0. The third-order valence-electron chi connectivity index (χ3n) is 2.31. The highest BCUT2D eigenvalue weighted by Crippen LogP contribution is 2.31. The number of benzene rings is 1. The standard InChI is InChI=1S/C10H9ClO2S/c1-6-5-9(12)7-3-2-4-8(11)10(7)14(6)13/h2-4,6H,5H2,1H3. The summed E-state index contributed by atoms with van der Waals surface area (Å²) in [4.78, 5) is 12.1. The van der Waals surface area contributed by atoms with E-state index in [1.165, 1.54) is 0 Å². The highest BCUT2D eigenvalue weighted by atomic mass is 35.5. The minimum absolute atomic E-state index is 0.0367. The van der Waals surface area contributed by atoms with Crippen molar-refractivity contribution in [2.45, 2.75) is 23.5 Å². The van der Waals surface area contributed by atoms with Crippen LogP contribution < -0.4 is 0 Å². The molecule has 0 aromatic heterocycles. The maximum absolute atomic E-state index is 11.9. The van der Waals surface area contributed by atoms with Gasteiger partial charge in [-0.25, -0.2) is 0 Å². The van der Waals surface area contributed by atoms with Crippen LogP contribution in [0.4, 0.5) is 0 Å². The molecule has 0 spiro atoms. The monoisotopic (exact) mass is 228 g/mol. The molecule has 74 valence electrons. The minimum atomic E-state index is -1.14. The van der Waals surface area contributed by atoms with Crippen LogP contribution in [0.5, 0.6) is 0 Å². The summed E-state index contributed by atoms with van der Waals surface area (Å²) in [6.45, 7) is 1.81. The van der Waals surface area contributed by atoms with Gasteiger partial charge in [0.1, 0.15) is 0 Å². The number of fused-ring (bicyclic) bond motifs is 1. The average molecular weight is 229 g/mol. The highest BCUT2D eigenvalue weighted by molar-refractivity contribution is 7.86. The Balaban J connectivity index is 2.68. The van der Waals surface area contributed by atoms with Gasteiger partial charge < -0.3 is 0 Å². The van der Waals surface area contributed by atoms with E-state index in [9.17, 15) is 9.00 Å². The van der Waals surface area contributed by atoms with Crippen molar-refractivity contribution in [3.8, 4) is 0 Å². The van der Waals surface area contributed by atoms with Gasteiger partial charge in [-0.15, -0.1) is 0 Å². The number of carbonyl (C=O) groups excluding carboxylic acids is 1. The largest absolute Gasteiger partial charge is 0.294 e. The van der Waals surface area contributed by atoms with Gasteiger partial charge in [0.2, 0.25) is 0 Å². The molecule has 0 radical (unpaired) electrons. The number of Topliss-reactive ketones (excluding diaryl/α,β-unsaturated/α-hetero) is 1. The van der Waals surface area contributed by atoms with Gasteiger partial charge in [0, 0.05) is 17.2 Å². The average Bonchev–Trinajstić information content (AvgIpc) is 2.14. The van der Waals surface area contributed by atoms with Crippen LogP contribution in [0, 0.1) is 0 Å². The molecule has 0 N–H and O–H groups in total. The van der Waals surface area contributed by atoms with E-state index < -0.39 is 10.8 Å². The van der Waals surface area contributed by atoms with Gasteiger partial charge in [-0.05, 0) is 6.07 Å². The first-order valence-electron chi connectivity index (χ1n) is 4.33. The van der Waals surface area contributed by atoms with Crippen molar-refractivity contribution < 1.29 is 9.00 Å². The van der Waals surface area contributed by atoms with Gasteiger partial charge in [0.05, 0.1) is 20.7 Å². The number of hydrogen-bond acceptors (Lipinski definition) is 2. The lowest BCUT2D eigenvalue weighted by Crippen LogP contribution is -2.24. The van der Waals surface area contributed by atoms with Crippen molar-refractivity contribution in [2.24, 2.45) is 0 Å². The van der Waals surface area contributed by atoms with Crippen molar-refractivity contribution in [3.05, 3.63) is 28.8 Å². The fourth-order valence-electron chi connectivity index (χ4n) is 1.58. The number of ketones is 1. The van der Waals surface area contributed by atoms with Gasteiger partial charge >= 0.3 is 0 Å². The number of carbonyl (C=O) groups is 1. The molecule has 1 aliphatic rings. The van der Waals surface area contributed by atoms with Crippen molar-refractivity contribution >= 4 is 28.2 Å². The third kappa shape index (κ3) is 1.41. The Bertz CT molecular complexity index is 428. The molecule has 0 saturated carbocycles. The SMILES string of the molecule is CC1CC(=O)c2cccc(Cl)c2S1=O. The Morgan fingerprint density at radius 1 is 1.50 bits per heavy atom. The molecular formula is C10H9ClO2S. The molecule has 0 amide bonds. The van der Waals surface area contributed by atoms with E-state index in [1.54, 1.807) is 25.1 Å². The molecule has 14 heavy (non-hydrogen) atoms. The number of hydrogen-bond donors (Lipinski definition) is 0. The molecule has 0 bridgehead atoms. The van der Waals surface area contributed by atoms with E-state index in [4.69, 9.17) is 11.6 Å². The van der Waals surface area contributed by atoms with Crippen molar-refractivity contribution in [1.82, 2.24) is 0 Å². The maximum atomic E-state index is 11.9. The van der Waals surface area contributed by atoms with E-state index in [1.807, 2.05) is 0 Å². The van der Waals surface area contributed by atoms with Crippen LogP contribution in [0.2, 0.25) is 5.02 Å². The zero-order chi connectivity index (χ0) is 10.3. The first kappa shape index (κ1) is 9.87. The Labute approximate surface area is 89.7 Å². The lowest BCUT2D eigenvalue weighted by molar-refractivity contribution is 0.0977. The van der Waals surface area contributed by atoms with Crippen molar-refractivity contribution in [2.75, 3.05) is 0 Å². The second-order valence-electron chi connectivity index (χ2n) is 3.35. The Morgan fingerprint density at radius 3 is 2.93 bits per heavy atom. The Kier molecular flexibility index (Phi) is 2.45. The topological polar surface area (TPSA) is 34.1 Å². The lowest BCUT2D eigenvalue weighted by atomic mass is 10.1. The molecule has 2 atom stereocenters. The van der Waals surface area contributed by atoms with E-state index >= 15 is 0 Å². The molecule has 2 rings (SSSR count). The van der Waals surface area contributed by atoms with Gasteiger partial charge in [-0.1, -0.05) is 30.7 Å². The summed E-state index contributed by atoms with van der Waals surface area (Å²) < 4.78 is 11.9. The molecule has 0 aliphatic carbocycles. The van der Waals surface area contributed by atoms with Crippen LogP contribution >= 0.6 is 11.6 Å². The van der Waals surface area contributed by atoms with Crippen LogP contribution in [-0.2, 0) is 10.8 Å². The summed E-state index contributed by atoms with van der Waals surface area (Å²) in [6, 6.07) is 5.07. The molecule has 1 heterocycles.